The predicted octanol–water partition coefficient (Wildman–Crippen LogP) is 5.49. The number of aliphatic hydroxyl groups excluding tert-OH is 1. The summed E-state index contributed by atoms with van der Waals surface area (Å²) in [6, 6.07) is 20.2. The predicted molar refractivity (Wildman–Crippen MR) is 179 cm³/mol. The molecule has 8 nitrogen and oxygen atoms in total. The van der Waals surface area contributed by atoms with Gasteiger partial charge in [0.15, 0.2) is 0 Å². The highest BCUT2D eigenvalue weighted by Gasteiger charge is 2.28. The third kappa shape index (κ3) is 9.68. The van der Waals surface area contributed by atoms with E-state index >= 15 is 0 Å². The summed E-state index contributed by atoms with van der Waals surface area (Å²) in [5.74, 6) is -0.286. The molecule has 3 aromatic carbocycles. The van der Waals surface area contributed by atoms with Crippen molar-refractivity contribution in [2.75, 3.05) is 35.0 Å². The Hall–Kier alpha value is -2.15. The Morgan fingerprint density at radius 3 is 2.38 bits per heavy atom. The van der Waals surface area contributed by atoms with Crippen LogP contribution in [-0.2, 0) is 23.0 Å². The molecule has 0 aromatic heterocycles. The van der Waals surface area contributed by atoms with Gasteiger partial charge in [-0.05, 0) is 73.7 Å². The third-order valence-electron chi connectivity index (χ3n) is 6.88. The molecule has 1 fully saturated rings. The Morgan fingerprint density at radius 2 is 1.71 bits per heavy atom. The summed E-state index contributed by atoms with van der Waals surface area (Å²) in [5, 5.41) is 20.8. The first-order chi connectivity index (χ1) is 19.6. The molecule has 1 aliphatic rings. The number of amides is 1. The van der Waals surface area contributed by atoms with Gasteiger partial charge in [-0.25, -0.2) is 8.42 Å². The van der Waals surface area contributed by atoms with Crippen LogP contribution in [-0.4, -0.2) is 57.0 Å². The van der Waals surface area contributed by atoms with Gasteiger partial charge in [0.2, 0.25) is 10.0 Å². The second-order valence-electron chi connectivity index (χ2n) is 10.1. The lowest BCUT2D eigenvalue weighted by Gasteiger charge is -2.29. The van der Waals surface area contributed by atoms with Crippen molar-refractivity contribution in [3.8, 4) is 0 Å². The number of aliphatic hydroxyl groups is 1. The third-order valence-corrected chi connectivity index (χ3v) is 9.67. The molecule has 0 bridgehead atoms. The molecule has 1 heterocycles. The Kier molecular flexibility index (Phi) is 13.1. The first kappa shape index (κ1) is 34.3. The minimum Gasteiger partial charge on any atom is -0.390 e. The SMILES string of the molecule is CCNc1cc(C(=O)N[C@@H](Cc2ccccc2)[C@H](O)CNCc2cc(Br)cc(Br)c2)cc(N2CCCCS2(=O)=O)c1.Cl. The lowest BCUT2D eigenvalue weighted by atomic mass is 10.00. The number of anilines is 2. The van der Waals surface area contributed by atoms with Gasteiger partial charge in [0.1, 0.15) is 0 Å². The summed E-state index contributed by atoms with van der Waals surface area (Å²) >= 11 is 7.00. The fraction of sp³-hybridized carbons (Fsp3) is 0.367. The van der Waals surface area contributed by atoms with Crippen molar-refractivity contribution in [1.29, 1.82) is 0 Å². The van der Waals surface area contributed by atoms with Crippen LogP contribution in [0.3, 0.4) is 0 Å². The zero-order chi connectivity index (χ0) is 29.4. The minimum atomic E-state index is -3.45. The number of benzene rings is 3. The number of carbonyl (C=O) groups is 1. The molecular weight excluding hydrogens is 708 g/mol. The van der Waals surface area contributed by atoms with Crippen LogP contribution in [0.15, 0.2) is 75.7 Å². The summed E-state index contributed by atoms with van der Waals surface area (Å²) in [7, 11) is -3.45. The molecule has 12 heteroatoms. The van der Waals surface area contributed by atoms with Gasteiger partial charge in [0, 0.05) is 46.4 Å². The quantitative estimate of drug-likeness (QED) is 0.196. The highest BCUT2D eigenvalue weighted by atomic mass is 79.9. The maximum Gasteiger partial charge on any atom is 0.251 e. The fourth-order valence-corrected chi connectivity index (χ4v) is 7.91. The van der Waals surface area contributed by atoms with Crippen molar-refractivity contribution in [1.82, 2.24) is 10.6 Å². The van der Waals surface area contributed by atoms with Crippen LogP contribution in [0.5, 0.6) is 0 Å². The van der Waals surface area contributed by atoms with E-state index in [-0.39, 0.29) is 30.6 Å². The number of rotatable bonds is 12. The first-order valence-electron chi connectivity index (χ1n) is 13.7. The van der Waals surface area contributed by atoms with Crippen LogP contribution >= 0.6 is 44.3 Å². The molecule has 0 radical (unpaired) electrons. The highest BCUT2D eigenvalue weighted by molar-refractivity contribution is 9.11. The zero-order valence-electron chi connectivity index (χ0n) is 23.4. The van der Waals surface area contributed by atoms with Crippen LogP contribution in [0.25, 0.3) is 0 Å². The van der Waals surface area contributed by atoms with Gasteiger partial charge in [0.05, 0.1) is 23.6 Å². The minimum absolute atomic E-state index is 0. The summed E-state index contributed by atoms with van der Waals surface area (Å²) in [6.07, 6.45) is 0.943. The van der Waals surface area contributed by atoms with Gasteiger partial charge >= 0.3 is 0 Å². The average molecular weight is 745 g/mol. The van der Waals surface area contributed by atoms with Gasteiger partial charge in [-0.2, -0.15) is 0 Å². The maximum absolute atomic E-state index is 13.6. The van der Waals surface area contributed by atoms with E-state index in [1.165, 1.54) is 4.31 Å². The lowest BCUT2D eigenvalue weighted by molar-refractivity contribution is 0.0830. The molecule has 0 spiro atoms. The molecule has 228 valence electrons. The largest absolute Gasteiger partial charge is 0.390 e. The Bertz CT molecular complexity index is 1430. The number of nitrogens with zero attached hydrogens (tertiary/aromatic N) is 1. The topological polar surface area (TPSA) is 111 Å². The standard InChI is InChI=1S/C30H36Br2N4O4S.ClH/c1-2-34-26-15-23(16-27(18-26)36-10-6-7-11-41(36,39)40)30(38)35-28(14-21-8-4-3-5-9-21)29(37)20-33-19-22-12-24(31)17-25(32)13-22;/h3-5,8-9,12-13,15-18,28-29,33-34,37H,2,6-7,10-11,14,19-20H2,1H3,(H,35,38);1H/t28-,29+;/m0./s1. The molecule has 0 saturated carbocycles. The van der Waals surface area contributed by atoms with Crippen LogP contribution in [0, 0.1) is 0 Å². The molecule has 0 aliphatic carbocycles. The van der Waals surface area contributed by atoms with Gasteiger partial charge in [-0.15, -0.1) is 12.4 Å². The molecule has 3 aromatic rings. The average Bonchev–Trinajstić information content (AvgIpc) is 2.92. The number of hydrogen-bond acceptors (Lipinski definition) is 6. The highest BCUT2D eigenvalue weighted by Crippen LogP contribution is 2.28. The second kappa shape index (κ2) is 16.1. The summed E-state index contributed by atoms with van der Waals surface area (Å²) < 4.78 is 28.9. The summed E-state index contributed by atoms with van der Waals surface area (Å²) in [4.78, 5) is 13.6. The molecule has 1 amide bonds. The zero-order valence-corrected chi connectivity index (χ0v) is 28.2. The Balaban J connectivity index is 0.00000484. The molecule has 2 atom stereocenters. The van der Waals surface area contributed by atoms with E-state index in [1.54, 1.807) is 18.2 Å². The van der Waals surface area contributed by atoms with Crippen LogP contribution in [0.4, 0.5) is 11.4 Å². The fourth-order valence-electron chi connectivity index (χ4n) is 4.89. The van der Waals surface area contributed by atoms with Crippen molar-refractivity contribution < 1.29 is 18.3 Å². The molecule has 4 rings (SSSR count). The van der Waals surface area contributed by atoms with Crippen LogP contribution < -0.4 is 20.3 Å². The van der Waals surface area contributed by atoms with E-state index in [4.69, 9.17) is 0 Å². The number of carbonyl (C=O) groups excluding carboxylic acids is 1. The van der Waals surface area contributed by atoms with E-state index < -0.39 is 22.2 Å². The normalized spacial score (nSPS) is 15.8. The van der Waals surface area contributed by atoms with Gasteiger partial charge < -0.3 is 21.1 Å². The van der Waals surface area contributed by atoms with E-state index in [2.05, 4.69) is 47.8 Å². The van der Waals surface area contributed by atoms with E-state index in [0.717, 1.165) is 26.5 Å². The van der Waals surface area contributed by atoms with Crippen molar-refractivity contribution in [2.45, 2.75) is 44.9 Å². The van der Waals surface area contributed by atoms with Crippen molar-refractivity contribution in [3.05, 3.63) is 92.4 Å². The van der Waals surface area contributed by atoms with Crippen molar-refractivity contribution in [3.63, 3.8) is 0 Å². The number of hydrogen-bond donors (Lipinski definition) is 4. The maximum atomic E-state index is 13.6. The van der Waals surface area contributed by atoms with E-state index in [0.29, 0.717) is 49.4 Å². The summed E-state index contributed by atoms with van der Waals surface area (Å²) in [5.41, 5.74) is 3.49. The smallest absolute Gasteiger partial charge is 0.251 e. The Labute approximate surface area is 271 Å². The van der Waals surface area contributed by atoms with Crippen LogP contribution in [0.2, 0.25) is 0 Å². The van der Waals surface area contributed by atoms with Gasteiger partial charge in [0.25, 0.3) is 5.91 Å². The number of halogens is 3. The van der Waals surface area contributed by atoms with Crippen molar-refractivity contribution in [2.24, 2.45) is 0 Å². The van der Waals surface area contributed by atoms with Gasteiger partial charge in [-0.3, -0.25) is 9.10 Å². The van der Waals surface area contributed by atoms with E-state index in [1.807, 2.05) is 55.5 Å². The second-order valence-corrected chi connectivity index (χ2v) is 14.0. The first-order valence-corrected chi connectivity index (χ1v) is 16.9. The molecular formula is C30H37Br2ClN4O4S. The molecule has 1 saturated heterocycles. The summed E-state index contributed by atoms with van der Waals surface area (Å²) in [6.45, 7) is 3.74. The number of sulfonamides is 1. The monoisotopic (exact) mass is 742 g/mol. The Morgan fingerprint density at radius 1 is 1.00 bits per heavy atom. The van der Waals surface area contributed by atoms with Gasteiger partial charge in [-0.1, -0.05) is 62.2 Å². The lowest BCUT2D eigenvalue weighted by Crippen LogP contribution is -2.48. The van der Waals surface area contributed by atoms with E-state index in [9.17, 15) is 18.3 Å². The molecule has 1 aliphatic heterocycles. The molecule has 4 N–H and O–H groups in total. The van der Waals surface area contributed by atoms with Crippen molar-refractivity contribution >= 4 is 71.6 Å². The number of nitrogens with one attached hydrogen (secondary N) is 3. The molecule has 42 heavy (non-hydrogen) atoms. The van der Waals surface area contributed by atoms with Crippen LogP contribution in [0.1, 0.15) is 41.3 Å². The molecule has 0 unspecified atom stereocenters.